The van der Waals surface area contributed by atoms with Crippen molar-refractivity contribution in [2.24, 2.45) is 7.05 Å². The number of rotatable bonds is 2. The molecule has 0 atom stereocenters. The minimum Gasteiger partial charge on any atom is -0.372 e. The van der Waals surface area contributed by atoms with Crippen molar-refractivity contribution in [2.75, 3.05) is 0 Å². The number of nitrogens with zero attached hydrogens (tertiary/aromatic N) is 3. The van der Waals surface area contributed by atoms with E-state index in [2.05, 4.69) is 9.17 Å². The predicted molar refractivity (Wildman–Crippen MR) is 72.0 cm³/mol. The summed E-state index contributed by atoms with van der Waals surface area (Å²) < 4.78 is 65.0. The highest BCUT2D eigenvalue weighted by molar-refractivity contribution is 7.88. The van der Waals surface area contributed by atoms with E-state index >= 15 is 0 Å². The molecule has 0 aromatic carbocycles. The molecular formula is C12H8F3N3O4S. The lowest BCUT2D eigenvalue weighted by atomic mass is 10.2. The van der Waals surface area contributed by atoms with Gasteiger partial charge in [-0.25, -0.2) is 4.98 Å². The van der Waals surface area contributed by atoms with Gasteiger partial charge in [-0.1, -0.05) is 0 Å². The standard InChI is InChI=1S/C12H8F3N3O4S/c1-6-3-4-8-9(17-6)10(7(5-16)11(19)18(8)2)22-23(20,21)12(13,14)15/h3-4H,1-2H3. The lowest BCUT2D eigenvalue weighted by Crippen LogP contribution is -2.30. The topological polar surface area (TPSA) is 102 Å². The first-order chi connectivity index (χ1) is 10.5. The molecule has 0 aliphatic heterocycles. The molecule has 0 aliphatic carbocycles. The second-order valence-corrected chi connectivity index (χ2v) is 6.02. The summed E-state index contributed by atoms with van der Waals surface area (Å²) in [7, 11) is -4.79. The fourth-order valence-corrected chi connectivity index (χ4v) is 2.29. The van der Waals surface area contributed by atoms with Crippen molar-refractivity contribution in [2.45, 2.75) is 12.4 Å². The normalized spacial score (nSPS) is 12.2. The molecule has 0 spiro atoms. The Kier molecular flexibility index (Phi) is 3.81. The van der Waals surface area contributed by atoms with E-state index in [9.17, 15) is 26.4 Å². The molecule has 2 heterocycles. The third-order valence-corrected chi connectivity index (χ3v) is 3.88. The zero-order chi connectivity index (χ0) is 17.6. The van der Waals surface area contributed by atoms with Gasteiger partial charge in [-0.2, -0.15) is 26.9 Å². The Hall–Kier alpha value is -2.61. The van der Waals surface area contributed by atoms with E-state index in [1.165, 1.54) is 32.2 Å². The Bertz CT molecular complexity index is 1000. The summed E-state index contributed by atoms with van der Waals surface area (Å²) in [6, 6.07) is 4.18. The van der Waals surface area contributed by atoms with E-state index < -0.39 is 32.5 Å². The van der Waals surface area contributed by atoms with Crippen molar-refractivity contribution >= 4 is 21.2 Å². The van der Waals surface area contributed by atoms with Crippen LogP contribution in [0.3, 0.4) is 0 Å². The fraction of sp³-hybridized carbons (Fsp3) is 0.250. The zero-order valence-electron chi connectivity index (χ0n) is 11.7. The van der Waals surface area contributed by atoms with Gasteiger partial charge in [0.1, 0.15) is 11.6 Å². The van der Waals surface area contributed by atoms with Gasteiger partial charge >= 0.3 is 15.6 Å². The molecule has 7 nitrogen and oxygen atoms in total. The SMILES string of the molecule is Cc1ccc2c(n1)c(OS(=O)(=O)C(F)(F)F)c(C#N)c(=O)n2C. The van der Waals surface area contributed by atoms with Crippen LogP contribution >= 0.6 is 0 Å². The van der Waals surface area contributed by atoms with Gasteiger partial charge in [-0.05, 0) is 19.1 Å². The van der Waals surface area contributed by atoms with Crippen LogP contribution in [0, 0.1) is 18.3 Å². The lowest BCUT2D eigenvalue weighted by molar-refractivity contribution is -0.0499. The van der Waals surface area contributed by atoms with Gasteiger partial charge in [0, 0.05) is 12.7 Å². The number of aryl methyl sites for hydroxylation is 2. The molecule has 0 fully saturated rings. The van der Waals surface area contributed by atoms with E-state index in [1.54, 1.807) is 0 Å². The smallest absolute Gasteiger partial charge is 0.372 e. The lowest BCUT2D eigenvalue weighted by Gasteiger charge is -2.14. The molecule has 0 unspecified atom stereocenters. The van der Waals surface area contributed by atoms with Crippen LogP contribution in [0.1, 0.15) is 11.3 Å². The maximum absolute atomic E-state index is 12.5. The molecule has 0 saturated carbocycles. The van der Waals surface area contributed by atoms with Gasteiger partial charge in [-0.3, -0.25) is 4.79 Å². The van der Waals surface area contributed by atoms with Crippen LogP contribution in [-0.2, 0) is 17.2 Å². The van der Waals surface area contributed by atoms with Crippen LogP contribution in [0.15, 0.2) is 16.9 Å². The summed E-state index contributed by atoms with van der Waals surface area (Å²) in [6.07, 6.45) is 0. The molecule has 0 radical (unpaired) electrons. The third-order valence-electron chi connectivity index (χ3n) is 2.92. The molecule has 122 valence electrons. The first-order valence-electron chi connectivity index (χ1n) is 5.91. The van der Waals surface area contributed by atoms with Crippen molar-refractivity contribution < 1.29 is 25.8 Å². The highest BCUT2D eigenvalue weighted by Gasteiger charge is 2.49. The number of nitriles is 1. The summed E-state index contributed by atoms with van der Waals surface area (Å²) in [5, 5.41) is 9.00. The largest absolute Gasteiger partial charge is 0.534 e. The van der Waals surface area contributed by atoms with Crippen LogP contribution in [0.4, 0.5) is 13.2 Å². The van der Waals surface area contributed by atoms with Gasteiger partial charge in [0.05, 0.1) is 5.52 Å². The number of hydrogen-bond donors (Lipinski definition) is 0. The molecule has 0 aliphatic rings. The number of fused-ring (bicyclic) bond motifs is 1. The molecule has 23 heavy (non-hydrogen) atoms. The molecule has 0 N–H and O–H groups in total. The first kappa shape index (κ1) is 16.8. The molecule has 2 aromatic rings. The minimum absolute atomic E-state index is 0.0203. The monoisotopic (exact) mass is 347 g/mol. The summed E-state index contributed by atoms with van der Waals surface area (Å²) >= 11 is 0. The zero-order valence-corrected chi connectivity index (χ0v) is 12.5. The fourth-order valence-electron chi connectivity index (χ4n) is 1.82. The van der Waals surface area contributed by atoms with E-state index in [1.807, 2.05) is 0 Å². The van der Waals surface area contributed by atoms with Crippen molar-refractivity contribution in [3.05, 3.63) is 33.7 Å². The van der Waals surface area contributed by atoms with Crippen molar-refractivity contribution in [3.63, 3.8) is 0 Å². The summed E-state index contributed by atoms with van der Waals surface area (Å²) in [5.74, 6) is -1.04. The van der Waals surface area contributed by atoms with Crippen molar-refractivity contribution in [1.82, 2.24) is 9.55 Å². The second kappa shape index (κ2) is 5.24. The van der Waals surface area contributed by atoms with Crippen LogP contribution < -0.4 is 9.74 Å². The Morgan fingerprint density at radius 1 is 1.35 bits per heavy atom. The molecule has 2 aromatic heterocycles. The summed E-state index contributed by atoms with van der Waals surface area (Å²) in [4.78, 5) is 15.9. The Labute approximate surface area is 127 Å². The van der Waals surface area contributed by atoms with Crippen molar-refractivity contribution in [1.29, 1.82) is 5.26 Å². The number of alkyl halides is 3. The van der Waals surface area contributed by atoms with Crippen LogP contribution in [-0.4, -0.2) is 23.5 Å². The second-order valence-electron chi connectivity index (χ2n) is 4.48. The molecule has 0 bridgehead atoms. The molecule has 0 saturated heterocycles. The van der Waals surface area contributed by atoms with Gasteiger partial charge in [0.25, 0.3) is 5.56 Å². The van der Waals surface area contributed by atoms with E-state index in [4.69, 9.17) is 5.26 Å². The van der Waals surface area contributed by atoms with Gasteiger partial charge in [-0.15, -0.1) is 0 Å². The molecule has 0 amide bonds. The number of aromatic nitrogens is 2. The van der Waals surface area contributed by atoms with Gasteiger partial charge in [0.2, 0.25) is 0 Å². The summed E-state index contributed by atoms with van der Waals surface area (Å²) in [5.41, 5.74) is -7.58. The highest BCUT2D eigenvalue weighted by atomic mass is 32.2. The molecule has 11 heteroatoms. The Morgan fingerprint density at radius 3 is 2.48 bits per heavy atom. The number of pyridine rings is 2. The van der Waals surface area contributed by atoms with E-state index in [0.29, 0.717) is 5.69 Å². The highest BCUT2D eigenvalue weighted by Crippen LogP contribution is 2.32. The quantitative estimate of drug-likeness (QED) is 0.600. The third kappa shape index (κ3) is 2.72. The average Bonchev–Trinajstić information content (AvgIpc) is 2.43. The predicted octanol–water partition coefficient (Wildman–Crippen LogP) is 1.34. The number of hydrogen-bond acceptors (Lipinski definition) is 6. The summed E-state index contributed by atoms with van der Waals surface area (Å²) in [6.45, 7) is 1.50. The van der Waals surface area contributed by atoms with E-state index in [0.717, 1.165) is 4.57 Å². The Morgan fingerprint density at radius 2 is 1.96 bits per heavy atom. The minimum atomic E-state index is -6.06. The van der Waals surface area contributed by atoms with Crippen LogP contribution in [0.25, 0.3) is 11.0 Å². The maximum atomic E-state index is 12.5. The number of halogens is 3. The molecule has 2 rings (SSSR count). The Balaban J connectivity index is 2.92. The molecular weight excluding hydrogens is 339 g/mol. The average molecular weight is 347 g/mol. The van der Waals surface area contributed by atoms with E-state index in [-0.39, 0.29) is 11.0 Å². The maximum Gasteiger partial charge on any atom is 0.534 e. The van der Waals surface area contributed by atoms with Crippen LogP contribution in [0.2, 0.25) is 0 Å². The van der Waals surface area contributed by atoms with Crippen LogP contribution in [0.5, 0.6) is 5.75 Å². The van der Waals surface area contributed by atoms with Gasteiger partial charge < -0.3 is 8.75 Å². The van der Waals surface area contributed by atoms with Crippen molar-refractivity contribution in [3.8, 4) is 11.8 Å². The van der Waals surface area contributed by atoms with Gasteiger partial charge in [0.15, 0.2) is 11.3 Å². The first-order valence-corrected chi connectivity index (χ1v) is 7.31.